The number of hydrogen-bond acceptors (Lipinski definition) is 2. The molecular formula is C14H24N2. The van der Waals surface area contributed by atoms with Gasteiger partial charge in [0.25, 0.3) is 0 Å². The fourth-order valence-corrected chi connectivity index (χ4v) is 1.45. The van der Waals surface area contributed by atoms with Crippen LogP contribution in [0, 0.1) is 0 Å². The molecule has 1 aliphatic rings. The van der Waals surface area contributed by atoms with Crippen LogP contribution in [0.4, 0.5) is 5.69 Å². The third kappa shape index (κ3) is 3.37. The van der Waals surface area contributed by atoms with Crippen LogP contribution in [-0.2, 0) is 6.54 Å². The molecule has 0 bridgehead atoms. The lowest BCUT2D eigenvalue weighted by Gasteiger charge is -2.25. The number of amidine groups is 1. The van der Waals surface area contributed by atoms with E-state index >= 15 is 0 Å². The van der Waals surface area contributed by atoms with Gasteiger partial charge in [-0.2, -0.15) is 0 Å². The van der Waals surface area contributed by atoms with E-state index in [4.69, 9.17) is 0 Å². The van der Waals surface area contributed by atoms with Gasteiger partial charge in [0.1, 0.15) is 5.84 Å². The lowest BCUT2D eigenvalue weighted by Crippen LogP contribution is -2.27. The van der Waals surface area contributed by atoms with Gasteiger partial charge in [0.15, 0.2) is 0 Å². The molecule has 1 aromatic carbocycles. The standard InChI is InChI=1S/C10H12N2.2C2H6/c1-8-11-7-9-5-3-4-6-10(9)12(8)2;2*1-2/h3-6H,7H2,1-2H3;2*1-2H3. The van der Waals surface area contributed by atoms with Crippen LogP contribution < -0.4 is 4.90 Å². The molecule has 1 heterocycles. The van der Waals surface area contributed by atoms with Crippen molar-refractivity contribution in [1.82, 2.24) is 0 Å². The fourth-order valence-electron chi connectivity index (χ4n) is 1.45. The molecule has 2 rings (SSSR count). The van der Waals surface area contributed by atoms with Gasteiger partial charge in [0.05, 0.1) is 6.54 Å². The van der Waals surface area contributed by atoms with Gasteiger partial charge in [-0.25, -0.2) is 0 Å². The van der Waals surface area contributed by atoms with E-state index in [9.17, 15) is 0 Å². The second-order valence-corrected chi connectivity index (χ2v) is 3.05. The Morgan fingerprint density at radius 3 is 2.25 bits per heavy atom. The molecule has 0 saturated carbocycles. The number of benzene rings is 1. The summed E-state index contributed by atoms with van der Waals surface area (Å²) in [5.74, 6) is 1.09. The number of hydrogen-bond donors (Lipinski definition) is 0. The zero-order chi connectivity index (χ0) is 12.6. The Hall–Kier alpha value is -1.31. The third-order valence-electron chi connectivity index (χ3n) is 2.32. The molecule has 0 amide bonds. The maximum Gasteiger partial charge on any atom is 0.100 e. The minimum absolute atomic E-state index is 0.826. The maximum atomic E-state index is 4.39. The molecule has 0 radical (unpaired) electrons. The first-order chi connectivity index (χ1) is 7.79. The number of anilines is 1. The van der Waals surface area contributed by atoms with Crippen LogP contribution in [0.3, 0.4) is 0 Å². The summed E-state index contributed by atoms with van der Waals surface area (Å²) in [7, 11) is 2.05. The van der Waals surface area contributed by atoms with Crippen LogP contribution in [0.1, 0.15) is 40.2 Å². The first-order valence-electron chi connectivity index (χ1n) is 6.12. The highest BCUT2D eigenvalue weighted by Gasteiger charge is 2.12. The topological polar surface area (TPSA) is 15.6 Å². The number of fused-ring (bicyclic) bond motifs is 1. The lowest BCUT2D eigenvalue weighted by atomic mass is 10.1. The zero-order valence-electron chi connectivity index (χ0n) is 11.4. The molecule has 90 valence electrons. The van der Waals surface area contributed by atoms with Crippen molar-refractivity contribution in [2.75, 3.05) is 11.9 Å². The Morgan fingerprint density at radius 2 is 1.62 bits per heavy atom. The van der Waals surface area contributed by atoms with E-state index in [1.54, 1.807) is 0 Å². The molecule has 2 nitrogen and oxygen atoms in total. The molecule has 0 aromatic heterocycles. The van der Waals surface area contributed by atoms with Gasteiger partial charge in [-0.1, -0.05) is 45.9 Å². The van der Waals surface area contributed by atoms with E-state index < -0.39 is 0 Å². The summed E-state index contributed by atoms with van der Waals surface area (Å²) < 4.78 is 0. The predicted molar refractivity (Wildman–Crippen MR) is 74.4 cm³/mol. The monoisotopic (exact) mass is 220 g/mol. The SMILES string of the molecule is CC.CC.CC1=NCc2ccccc2N1C. The van der Waals surface area contributed by atoms with Crippen molar-refractivity contribution in [3.05, 3.63) is 29.8 Å². The molecule has 2 heteroatoms. The van der Waals surface area contributed by atoms with Crippen LogP contribution >= 0.6 is 0 Å². The molecule has 0 atom stereocenters. The Bertz CT molecular complexity index is 329. The average molecular weight is 220 g/mol. The summed E-state index contributed by atoms with van der Waals surface area (Å²) in [6.07, 6.45) is 0. The van der Waals surface area contributed by atoms with Crippen molar-refractivity contribution in [3.63, 3.8) is 0 Å². The van der Waals surface area contributed by atoms with Crippen molar-refractivity contribution in [2.45, 2.75) is 41.2 Å². The summed E-state index contributed by atoms with van der Waals surface area (Å²) in [6.45, 7) is 10.9. The van der Waals surface area contributed by atoms with E-state index in [0.29, 0.717) is 0 Å². The molecule has 0 fully saturated rings. The van der Waals surface area contributed by atoms with E-state index in [1.165, 1.54) is 11.3 Å². The lowest BCUT2D eigenvalue weighted by molar-refractivity contribution is 0.994. The van der Waals surface area contributed by atoms with Crippen molar-refractivity contribution >= 4 is 11.5 Å². The Kier molecular flexibility index (Phi) is 7.27. The molecule has 0 unspecified atom stereocenters. The van der Waals surface area contributed by atoms with Gasteiger partial charge in [0, 0.05) is 12.7 Å². The molecule has 0 N–H and O–H groups in total. The Balaban J connectivity index is 0.000000509. The van der Waals surface area contributed by atoms with Crippen LogP contribution in [-0.4, -0.2) is 12.9 Å². The Morgan fingerprint density at radius 1 is 1.06 bits per heavy atom. The smallest absolute Gasteiger partial charge is 0.100 e. The largest absolute Gasteiger partial charge is 0.333 e. The summed E-state index contributed by atoms with van der Waals surface area (Å²) in [4.78, 5) is 6.52. The summed E-state index contributed by atoms with van der Waals surface area (Å²) in [5.41, 5.74) is 2.59. The maximum absolute atomic E-state index is 4.39. The minimum Gasteiger partial charge on any atom is -0.333 e. The van der Waals surface area contributed by atoms with E-state index in [1.807, 2.05) is 34.6 Å². The van der Waals surface area contributed by atoms with Crippen LogP contribution in [0.2, 0.25) is 0 Å². The second kappa shape index (κ2) is 7.91. The first kappa shape index (κ1) is 14.7. The third-order valence-corrected chi connectivity index (χ3v) is 2.32. The molecule has 0 saturated heterocycles. The zero-order valence-corrected chi connectivity index (χ0v) is 11.4. The molecule has 0 aliphatic carbocycles. The molecule has 16 heavy (non-hydrogen) atoms. The highest BCUT2D eigenvalue weighted by Crippen LogP contribution is 2.23. The van der Waals surface area contributed by atoms with Crippen LogP contribution in [0.15, 0.2) is 29.3 Å². The van der Waals surface area contributed by atoms with Gasteiger partial charge in [-0.3, -0.25) is 4.99 Å². The highest BCUT2D eigenvalue weighted by molar-refractivity contribution is 5.97. The average Bonchev–Trinajstić information content (AvgIpc) is 2.39. The van der Waals surface area contributed by atoms with Gasteiger partial charge >= 0.3 is 0 Å². The second-order valence-electron chi connectivity index (χ2n) is 3.05. The van der Waals surface area contributed by atoms with Gasteiger partial charge in [0.2, 0.25) is 0 Å². The van der Waals surface area contributed by atoms with Gasteiger partial charge in [-0.15, -0.1) is 0 Å². The van der Waals surface area contributed by atoms with E-state index in [-0.39, 0.29) is 0 Å². The fraction of sp³-hybridized carbons (Fsp3) is 0.500. The minimum atomic E-state index is 0.826. The highest BCUT2D eigenvalue weighted by atomic mass is 15.2. The van der Waals surface area contributed by atoms with Gasteiger partial charge < -0.3 is 4.90 Å². The van der Waals surface area contributed by atoms with Crippen LogP contribution in [0.5, 0.6) is 0 Å². The normalized spacial score (nSPS) is 12.4. The number of aliphatic imine (C=N–C) groups is 1. The summed E-state index contributed by atoms with van der Waals surface area (Å²) >= 11 is 0. The van der Waals surface area contributed by atoms with Gasteiger partial charge in [-0.05, 0) is 18.6 Å². The quantitative estimate of drug-likeness (QED) is 0.642. The number of para-hydroxylation sites is 1. The molecular weight excluding hydrogens is 196 g/mol. The summed E-state index contributed by atoms with van der Waals surface area (Å²) in [6, 6.07) is 8.38. The predicted octanol–water partition coefficient (Wildman–Crippen LogP) is 4.11. The molecule has 1 aromatic rings. The molecule has 1 aliphatic heterocycles. The Labute approximate surface area is 100 Å². The number of rotatable bonds is 0. The van der Waals surface area contributed by atoms with Crippen LogP contribution in [0.25, 0.3) is 0 Å². The van der Waals surface area contributed by atoms with Crippen molar-refractivity contribution in [1.29, 1.82) is 0 Å². The summed E-state index contributed by atoms with van der Waals surface area (Å²) in [5, 5.41) is 0. The molecule has 0 spiro atoms. The number of nitrogens with zero attached hydrogens (tertiary/aromatic N) is 2. The first-order valence-corrected chi connectivity index (χ1v) is 6.12. The van der Waals surface area contributed by atoms with E-state index in [0.717, 1.165) is 12.4 Å². The van der Waals surface area contributed by atoms with Crippen molar-refractivity contribution in [3.8, 4) is 0 Å². The van der Waals surface area contributed by atoms with E-state index in [2.05, 4.69) is 41.2 Å². The van der Waals surface area contributed by atoms with Crippen molar-refractivity contribution in [2.24, 2.45) is 4.99 Å². The van der Waals surface area contributed by atoms with Crippen molar-refractivity contribution < 1.29 is 0 Å².